The lowest BCUT2D eigenvalue weighted by atomic mass is 10.3. The molecule has 1 aromatic carbocycles. The standard InChI is InChI=1S/C17H24N4O3S/c1-3-24-13-4-5-14-15(12-13)25-17(19-14)21-9-7-20(8-10-21)16(22)18-6-11-23-2/h4-5,12H,3,6-11H2,1-2H3,(H,18,22). The van der Waals surface area contributed by atoms with E-state index in [1.54, 1.807) is 18.4 Å². The third kappa shape index (κ3) is 4.32. The smallest absolute Gasteiger partial charge is 0.317 e. The first-order valence-electron chi connectivity index (χ1n) is 8.51. The van der Waals surface area contributed by atoms with E-state index in [9.17, 15) is 4.79 Å². The highest BCUT2D eigenvalue weighted by Gasteiger charge is 2.22. The van der Waals surface area contributed by atoms with Crippen LogP contribution in [0.25, 0.3) is 10.2 Å². The zero-order chi connectivity index (χ0) is 17.6. The fourth-order valence-corrected chi connectivity index (χ4v) is 3.80. The van der Waals surface area contributed by atoms with Gasteiger partial charge in [0.1, 0.15) is 5.75 Å². The highest BCUT2D eigenvalue weighted by molar-refractivity contribution is 7.22. The molecule has 2 heterocycles. The first kappa shape index (κ1) is 17.8. The van der Waals surface area contributed by atoms with Crippen LogP contribution in [0.15, 0.2) is 18.2 Å². The molecule has 7 nitrogen and oxygen atoms in total. The lowest BCUT2D eigenvalue weighted by Gasteiger charge is -2.34. The summed E-state index contributed by atoms with van der Waals surface area (Å²) < 4.78 is 11.6. The Bertz CT molecular complexity index is 713. The van der Waals surface area contributed by atoms with Crippen LogP contribution in [-0.2, 0) is 4.74 Å². The molecule has 136 valence electrons. The van der Waals surface area contributed by atoms with E-state index in [1.807, 2.05) is 30.0 Å². The van der Waals surface area contributed by atoms with Gasteiger partial charge in [0, 0.05) is 39.8 Å². The second kappa shape index (κ2) is 8.35. The lowest BCUT2D eigenvalue weighted by molar-refractivity contribution is 0.177. The van der Waals surface area contributed by atoms with E-state index in [0.29, 0.717) is 32.8 Å². The Morgan fingerprint density at radius 3 is 2.84 bits per heavy atom. The van der Waals surface area contributed by atoms with Crippen molar-refractivity contribution < 1.29 is 14.3 Å². The second-order valence-corrected chi connectivity index (χ2v) is 6.77. The van der Waals surface area contributed by atoms with E-state index in [2.05, 4.69) is 10.2 Å². The maximum atomic E-state index is 12.1. The Balaban J connectivity index is 1.59. The fraction of sp³-hybridized carbons (Fsp3) is 0.529. The van der Waals surface area contributed by atoms with Crippen LogP contribution in [0, 0.1) is 0 Å². The number of benzene rings is 1. The number of nitrogens with one attached hydrogen (secondary N) is 1. The Labute approximate surface area is 151 Å². The number of thiazole rings is 1. The van der Waals surface area contributed by atoms with Gasteiger partial charge in [-0.05, 0) is 25.1 Å². The minimum absolute atomic E-state index is 0.0256. The van der Waals surface area contributed by atoms with Gasteiger partial charge in [-0.25, -0.2) is 9.78 Å². The predicted octanol–water partition coefficient (Wildman–Crippen LogP) is 2.17. The van der Waals surface area contributed by atoms with Crippen molar-refractivity contribution in [2.45, 2.75) is 6.92 Å². The Kier molecular flexibility index (Phi) is 5.93. The van der Waals surface area contributed by atoms with Crippen LogP contribution in [-0.4, -0.2) is 69.0 Å². The molecule has 1 saturated heterocycles. The number of piperazine rings is 1. The van der Waals surface area contributed by atoms with Gasteiger partial charge in [-0.15, -0.1) is 0 Å². The molecular weight excluding hydrogens is 340 g/mol. The van der Waals surface area contributed by atoms with E-state index in [4.69, 9.17) is 14.5 Å². The lowest BCUT2D eigenvalue weighted by Crippen LogP contribution is -2.52. The van der Waals surface area contributed by atoms with E-state index in [-0.39, 0.29) is 6.03 Å². The van der Waals surface area contributed by atoms with E-state index in [0.717, 1.165) is 34.2 Å². The number of rotatable bonds is 6. The molecule has 1 aliphatic rings. The summed E-state index contributed by atoms with van der Waals surface area (Å²) in [4.78, 5) is 20.9. The summed E-state index contributed by atoms with van der Waals surface area (Å²) in [6.07, 6.45) is 0. The van der Waals surface area contributed by atoms with Gasteiger partial charge in [-0.1, -0.05) is 11.3 Å². The SMILES string of the molecule is CCOc1ccc2nc(N3CCN(C(=O)NCCOC)CC3)sc2c1. The molecule has 0 unspecified atom stereocenters. The third-order valence-corrected chi connectivity index (χ3v) is 5.16. The van der Waals surface area contributed by atoms with Crippen LogP contribution in [0.2, 0.25) is 0 Å². The van der Waals surface area contributed by atoms with Gasteiger partial charge in [-0.3, -0.25) is 0 Å². The van der Waals surface area contributed by atoms with Crippen LogP contribution in [0.5, 0.6) is 5.75 Å². The molecule has 1 aromatic heterocycles. The third-order valence-electron chi connectivity index (χ3n) is 4.08. The van der Waals surface area contributed by atoms with Gasteiger partial charge >= 0.3 is 6.03 Å². The normalized spacial score (nSPS) is 14.8. The topological polar surface area (TPSA) is 66.9 Å². The first-order chi connectivity index (χ1) is 12.2. The van der Waals surface area contributed by atoms with Crippen molar-refractivity contribution in [3.05, 3.63) is 18.2 Å². The zero-order valence-corrected chi connectivity index (χ0v) is 15.5. The van der Waals surface area contributed by atoms with Crippen molar-refractivity contribution in [1.29, 1.82) is 0 Å². The number of amides is 2. The molecule has 0 spiro atoms. The number of urea groups is 1. The number of carbonyl (C=O) groups excluding carboxylic acids is 1. The van der Waals surface area contributed by atoms with Crippen LogP contribution >= 0.6 is 11.3 Å². The summed E-state index contributed by atoms with van der Waals surface area (Å²) in [7, 11) is 1.63. The molecule has 3 rings (SSSR count). The first-order valence-corrected chi connectivity index (χ1v) is 9.33. The molecule has 0 atom stereocenters. The Morgan fingerprint density at radius 1 is 1.32 bits per heavy atom. The van der Waals surface area contributed by atoms with Gasteiger partial charge in [0.2, 0.25) is 0 Å². The average molecular weight is 364 g/mol. The molecular formula is C17H24N4O3S. The molecule has 8 heteroatoms. The highest BCUT2D eigenvalue weighted by Crippen LogP contribution is 2.31. The molecule has 0 saturated carbocycles. The zero-order valence-electron chi connectivity index (χ0n) is 14.7. The number of hydrogen-bond acceptors (Lipinski definition) is 6. The van der Waals surface area contributed by atoms with E-state index >= 15 is 0 Å². The van der Waals surface area contributed by atoms with Crippen molar-refractivity contribution >= 4 is 32.7 Å². The molecule has 0 bridgehead atoms. The van der Waals surface area contributed by atoms with Crippen LogP contribution in [0.3, 0.4) is 0 Å². The van der Waals surface area contributed by atoms with Gasteiger partial charge in [0.05, 0.1) is 23.4 Å². The number of nitrogens with zero attached hydrogens (tertiary/aromatic N) is 3. The van der Waals surface area contributed by atoms with Crippen molar-refractivity contribution in [1.82, 2.24) is 15.2 Å². The van der Waals surface area contributed by atoms with Crippen molar-refractivity contribution in [3.8, 4) is 5.75 Å². The number of hydrogen-bond donors (Lipinski definition) is 1. The Hall–Kier alpha value is -2.06. The molecule has 1 aliphatic heterocycles. The largest absolute Gasteiger partial charge is 0.494 e. The Morgan fingerprint density at radius 2 is 2.12 bits per heavy atom. The molecule has 0 radical (unpaired) electrons. The minimum Gasteiger partial charge on any atom is -0.494 e. The summed E-state index contributed by atoms with van der Waals surface area (Å²) in [5.41, 5.74) is 0.989. The summed E-state index contributed by atoms with van der Waals surface area (Å²) in [6, 6.07) is 5.97. The predicted molar refractivity (Wildman–Crippen MR) is 99.8 cm³/mol. The monoisotopic (exact) mass is 364 g/mol. The maximum Gasteiger partial charge on any atom is 0.317 e. The van der Waals surface area contributed by atoms with Gasteiger partial charge < -0.3 is 24.6 Å². The number of methoxy groups -OCH3 is 1. The van der Waals surface area contributed by atoms with Gasteiger partial charge in [0.25, 0.3) is 0 Å². The number of carbonyl (C=O) groups is 1. The van der Waals surface area contributed by atoms with Crippen molar-refractivity contribution in [2.24, 2.45) is 0 Å². The summed E-state index contributed by atoms with van der Waals surface area (Å²) in [5, 5.41) is 3.87. The number of anilines is 1. The van der Waals surface area contributed by atoms with Gasteiger partial charge in [-0.2, -0.15) is 0 Å². The van der Waals surface area contributed by atoms with Crippen LogP contribution < -0.4 is 15.0 Å². The summed E-state index contributed by atoms with van der Waals surface area (Å²) >= 11 is 1.67. The van der Waals surface area contributed by atoms with Crippen LogP contribution in [0.1, 0.15) is 6.92 Å². The summed E-state index contributed by atoms with van der Waals surface area (Å²) in [5.74, 6) is 0.878. The highest BCUT2D eigenvalue weighted by atomic mass is 32.1. The molecule has 2 amide bonds. The number of aromatic nitrogens is 1. The average Bonchev–Trinajstić information content (AvgIpc) is 3.05. The quantitative estimate of drug-likeness (QED) is 0.796. The van der Waals surface area contributed by atoms with E-state index in [1.165, 1.54) is 0 Å². The molecule has 1 N–H and O–H groups in total. The fourth-order valence-electron chi connectivity index (χ4n) is 2.76. The molecule has 1 fully saturated rings. The molecule has 25 heavy (non-hydrogen) atoms. The molecule has 0 aliphatic carbocycles. The minimum atomic E-state index is -0.0256. The number of fused-ring (bicyclic) bond motifs is 1. The number of ether oxygens (including phenoxy) is 2. The second-order valence-electron chi connectivity index (χ2n) is 5.76. The van der Waals surface area contributed by atoms with Gasteiger partial charge in [0.15, 0.2) is 5.13 Å². The maximum absolute atomic E-state index is 12.1. The summed E-state index contributed by atoms with van der Waals surface area (Å²) in [6.45, 7) is 6.67. The van der Waals surface area contributed by atoms with Crippen LogP contribution in [0.4, 0.5) is 9.93 Å². The van der Waals surface area contributed by atoms with Crippen molar-refractivity contribution in [3.63, 3.8) is 0 Å². The van der Waals surface area contributed by atoms with Crippen molar-refractivity contribution in [2.75, 3.05) is 57.9 Å². The van der Waals surface area contributed by atoms with E-state index < -0.39 is 0 Å². The molecule has 2 aromatic rings.